The predicted octanol–water partition coefficient (Wildman–Crippen LogP) is -0.983. The minimum Gasteiger partial charge on any atom is -0.462 e. The van der Waals surface area contributed by atoms with Gasteiger partial charge in [-0.1, -0.05) is 0 Å². The van der Waals surface area contributed by atoms with Crippen LogP contribution in [0.2, 0.25) is 0 Å². The molecule has 0 amide bonds. The standard InChI is InChI=1S/C9H15N3O4/c10-8-5-11-12(6-8)7-9(14)16-4-3-15-2-1-13/h5-6,13H,1-4,7,10H2. The molecule has 7 nitrogen and oxygen atoms in total. The van der Waals surface area contributed by atoms with Crippen LogP contribution in [-0.4, -0.2) is 47.3 Å². The van der Waals surface area contributed by atoms with Gasteiger partial charge in [0.2, 0.25) is 0 Å². The van der Waals surface area contributed by atoms with E-state index in [9.17, 15) is 4.79 Å². The first-order chi connectivity index (χ1) is 7.72. The topological polar surface area (TPSA) is 99.6 Å². The monoisotopic (exact) mass is 229 g/mol. The van der Waals surface area contributed by atoms with Crippen LogP contribution in [0.1, 0.15) is 0 Å². The maximum atomic E-state index is 11.2. The van der Waals surface area contributed by atoms with Gasteiger partial charge < -0.3 is 20.3 Å². The number of aromatic nitrogens is 2. The number of hydrogen-bond donors (Lipinski definition) is 2. The molecule has 0 aliphatic rings. The third-order valence-corrected chi connectivity index (χ3v) is 1.67. The van der Waals surface area contributed by atoms with Gasteiger partial charge in [0.1, 0.15) is 13.2 Å². The van der Waals surface area contributed by atoms with Gasteiger partial charge in [-0.15, -0.1) is 0 Å². The number of carbonyl (C=O) groups is 1. The Morgan fingerprint density at radius 3 is 2.94 bits per heavy atom. The Morgan fingerprint density at radius 2 is 2.31 bits per heavy atom. The van der Waals surface area contributed by atoms with Gasteiger partial charge in [0.25, 0.3) is 0 Å². The smallest absolute Gasteiger partial charge is 0.327 e. The molecule has 1 aromatic heterocycles. The Hall–Kier alpha value is -1.60. The number of anilines is 1. The molecule has 1 heterocycles. The number of rotatable bonds is 7. The van der Waals surface area contributed by atoms with Crippen molar-refractivity contribution in [2.75, 3.05) is 32.2 Å². The average molecular weight is 229 g/mol. The van der Waals surface area contributed by atoms with E-state index < -0.39 is 5.97 Å². The van der Waals surface area contributed by atoms with Crippen molar-refractivity contribution in [2.24, 2.45) is 0 Å². The molecule has 0 saturated heterocycles. The molecule has 0 aromatic carbocycles. The highest BCUT2D eigenvalue weighted by molar-refractivity contribution is 5.69. The molecule has 1 aromatic rings. The maximum absolute atomic E-state index is 11.2. The van der Waals surface area contributed by atoms with Gasteiger partial charge in [-0.05, 0) is 0 Å². The van der Waals surface area contributed by atoms with Crippen LogP contribution in [0.4, 0.5) is 5.69 Å². The number of carbonyl (C=O) groups excluding carboxylic acids is 1. The number of nitrogens with two attached hydrogens (primary N) is 1. The van der Waals surface area contributed by atoms with Crippen molar-refractivity contribution in [1.82, 2.24) is 9.78 Å². The van der Waals surface area contributed by atoms with Gasteiger partial charge in [0, 0.05) is 6.20 Å². The fraction of sp³-hybridized carbons (Fsp3) is 0.556. The molecular formula is C9H15N3O4. The number of nitrogens with zero attached hydrogens (tertiary/aromatic N) is 2. The van der Waals surface area contributed by atoms with Crippen molar-refractivity contribution in [1.29, 1.82) is 0 Å². The highest BCUT2D eigenvalue weighted by atomic mass is 16.6. The van der Waals surface area contributed by atoms with Crippen molar-refractivity contribution in [2.45, 2.75) is 6.54 Å². The minimum atomic E-state index is -0.407. The Bertz CT molecular complexity index is 326. The summed E-state index contributed by atoms with van der Waals surface area (Å²) < 4.78 is 11.2. The lowest BCUT2D eigenvalue weighted by atomic mass is 10.6. The lowest BCUT2D eigenvalue weighted by Crippen LogP contribution is -2.17. The molecule has 3 N–H and O–H groups in total. The molecule has 0 aliphatic heterocycles. The van der Waals surface area contributed by atoms with Crippen molar-refractivity contribution < 1.29 is 19.4 Å². The third-order valence-electron chi connectivity index (χ3n) is 1.67. The highest BCUT2D eigenvalue weighted by Gasteiger charge is 2.04. The summed E-state index contributed by atoms with van der Waals surface area (Å²) in [6, 6.07) is 0. The average Bonchev–Trinajstić information content (AvgIpc) is 2.63. The molecule has 0 aliphatic carbocycles. The summed E-state index contributed by atoms with van der Waals surface area (Å²) in [6.07, 6.45) is 3.00. The van der Waals surface area contributed by atoms with Crippen LogP contribution in [0.3, 0.4) is 0 Å². The molecule has 90 valence electrons. The first kappa shape index (κ1) is 12.5. The van der Waals surface area contributed by atoms with Crippen LogP contribution in [0.15, 0.2) is 12.4 Å². The van der Waals surface area contributed by atoms with Crippen molar-refractivity contribution >= 4 is 11.7 Å². The zero-order valence-corrected chi connectivity index (χ0v) is 8.83. The molecule has 1 rings (SSSR count). The van der Waals surface area contributed by atoms with E-state index in [0.29, 0.717) is 5.69 Å². The fourth-order valence-electron chi connectivity index (χ4n) is 1.02. The van der Waals surface area contributed by atoms with Crippen molar-refractivity contribution in [3.8, 4) is 0 Å². The maximum Gasteiger partial charge on any atom is 0.327 e. The van der Waals surface area contributed by atoms with Crippen molar-refractivity contribution in [3.63, 3.8) is 0 Å². The third kappa shape index (κ3) is 4.76. The second kappa shape index (κ2) is 6.81. The summed E-state index contributed by atoms with van der Waals surface area (Å²) in [7, 11) is 0. The fourth-order valence-corrected chi connectivity index (χ4v) is 1.02. The highest BCUT2D eigenvalue weighted by Crippen LogP contribution is 1.97. The van der Waals surface area contributed by atoms with Crippen LogP contribution in [0.25, 0.3) is 0 Å². The van der Waals surface area contributed by atoms with E-state index in [-0.39, 0.29) is 33.0 Å². The zero-order valence-electron chi connectivity index (χ0n) is 8.83. The SMILES string of the molecule is Nc1cnn(CC(=O)OCCOCCO)c1. The van der Waals surface area contributed by atoms with Crippen LogP contribution < -0.4 is 5.73 Å². The number of nitrogen functional groups attached to an aromatic ring is 1. The van der Waals surface area contributed by atoms with Gasteiger partial charge in [-0.25, -0.2) is 0 Å². The Balaban J connectivity index is 2.11. The largest absolute Gasteiger partial charge is 0.462 e. The van der Waals surface area contributed by atoms with E-state index >= 15 is 0 Å². The molecule has 0 fully saturated rings. The van der Waals surface area contributed by atoms with E-state index in [1.807, 2.05) is 0 Å². The van der Waals surface area contributed by atoms with Gasteiger partial charge in [-0.2, -0.15) is 5.10 Å². The van der Waals surface area contributed by atoms with Gasteiger partial charge >= 0.3 is 5.97 Å². The molecule has 0 unspecified atom stereocenters. The predicted molar refractivity (Wildman–Crippen MR) is 55.5 cm³/mol. The summed E-state index contributed by atoms with van der Waals surface area (Å²) in [4.78, 5) is 11.2. The molecular weight excluding hydrogens is 214 g/mol. The number of ether oxygens (including phenoxy) is 2. The molecule has 0 saturated carbocycles. The second-order valence-electron chi connectivity index (χ2n) is 3.03. The number of esters is 1. The van der Waals surface area contributed by atoms with Crippen LogP contribution in [0, 0.1) is 0 Å². The van der Waals surface area contributed by atoms with E-state index in [1.165, 1.54) is 10.9 Å². The van der Waals surface area contributed by atoms with E-state index in [4.69, 9.17) is 20.3 Å². The quantitative estimate of drug-likeness (QED) is 0.460. The number of aliphatic hydroxyl groups excluding tert-OH is 1. The van der Waals surface area contributed by atoms with Crippen LogP contribution in [-0.2, 0) is 20.8 Å². The van der Waals surface area contributed by atoms with Gasteiger partial charge in [-0.3, -0.25) is 9.48 Å². The molecule has 16 heavy (non-hydrogen) atoms. The van der Waals surface area contributed by atoms with E-state index in [1.54, 1.807) is 6.20 Å². The second-order valence-corrected chi connectivity index (χ2v) is 3.03. The normalized spacial score (nSPS) is 10.3. The minimum absolute atomic E-state index is 0.0250. The summed E-state index contributed by atoms with van der Waals surface area (Å²) in [5, 5.41) is 12.3. The van der Waals surface area contributed by atoms with Crippen molar-refractivity contribution in [3.05, 3.63) is 12.4 Å². The molecule has 0 atom stereocenters. The molecule has 0 bridgehead atoms. The van der Waals surface area contributed by atoms with E-state index in [0.717, 1.165) is 0 Å². The van der Waals surface area contributed by atoms with Gasteiger partial charge in [0.15, 0.2) is 0 Å². The van der Waals surface area contributed by atoms with E-state index in [2.05, 4.69) is 5.10 Å². The lowest BCUT2D eigenvalue weighted by molar-refractivity contribution is -0.146. The summed E-state index contributed by atoms with van der Waals surface area (Å²) in [5.74, 6) is -0.407. The van der Waals surface area contributed by atoms with Crippen LogP contribution >= 0.6 is 0 Å². The summed E-state index contributed by atoms with van der Waals surface area (Å²) in [5.41, 5.74) is 5.93. The van der Waals surface area contributed by atoms with Crippen LogP contribution in [0.5, 0.6) is 0 Å². The molecule has 0 radical (unpaired) electrons. The molecule has 0 spiro atoms. The Morgan fingerprint density at radius 1 is 1.50 bits per heavy atom. The number of hydrogen-bond acceptors (Lipinski definition) is 6. The summed E-state index contributed by atoms with van der Waals surface area (Å²) in [6.45, 7) is 0.661. The summed E-state index contributed by atoms with van der Waals surface area (Å²) >= 11 is 0. The lowest BCUT2D eigenvalue weighted by Gasteiger charge is -2.05. The first-order valence-corrected chi connectivity index (χ1v) is 4.84. The Kier molecular flexibility index (Phi) is 5.30. The Labute approximate surface area is 92.8 Å². The molecule has 7 heteroatoms. The zero-order chi connectivity index (χ0) is 11.8. The first-order valence-electron chi connectivity index (χ1n) is 4.84. The van der Waals surface area contributed by atoms with Gasteiger partial charge in [0.05, 0.1) is 31.7 Å². The number of aliphatic hydroxyl groups is 1.